The van der Waals surface area contributed by atoms with Gasteiger partial charge in [0, 0.05) is 6.04 Å². The smallest absolute Gasteiger partial charge is 0.168 e. The van der Waals surface area contributed by atoms with Crippen molar-refractivity contribution in [1.29, 1.82) is 0 Å². The van der Waals surface area contributed by atoms with E-state index in [4.69, 9.17) is 0 Å². The minimum Gasteiger partial charge on any atom is -0.367 e. The van der Waals surface area contributed by atoms with Gasteiger partial charge in [0.25, 0.3) is 0 Å². The molecular weight excluding hydrogens is 257 g/mol. The van der Waals surface area contributed by atoms with Gasteiger partial charge in [-0.3, -0.25) is 0 Å². The van der Waals surface area contributed by atoms with Crippen molar-refractivity contribution in [1.82, 2.24) is 19.7 Å². The van der Waals surface area contributed by atoms with Crippen molar-refractivity contribution in [3.8, 4) is 5.69 Å². The van der Waals surface area contributed by atoms with Crippen LogP contribution in [-0.2, 0) is 0 Å². The number of fused-ring (bicyclic) bond motifs is 1. The number of nitrogens with zero attached hydrogens (tertiary/aromatic N) is 4. The SMILES string of the molecule is Fc1ccccc1-n1ncc2c(NC3CC3)ncnc21. The number of aromatic nitrogens is 4. The average molecular weight is 269 g/mol. The molecule has 0 aliphatic heterocycles. The van der Waals surface area contributed by atoms with Crippen molar-refractivity contribution in [2.45, 2.75) is 18.9 Å². The van der Waals surface area contributed by atoms with Gasteiger partial charge >= 0.3 is 0 Å². The second kappa shape index (κ2) is 4.26. The summed E-state index contributed by atoms with van der Waals surface area (Å²) in [5, 5.41) is 8.40. The van der Waals surface area contributed by atoms with Crippen molar-refractivity contribution >= 4 is 16.9 Å². The maximum atomic E-state index is 13.9. The third-order valence-electron chi connectivity index (χ3n) is 3.36. The number of hydrogen-bond donors (Lipinski definition) is 1. The van der Waals surface area contributed by atoms with Crippen LogP contribution in [0.5, 0.6) is 0 Å². The molecule has 4 rings (SSSR count). The Hall–Kier alpha value is -2.50. The van der Waals surface area contributed by atoms with E-state index in [1.165, 1.54) is 17.1 Å². The van der Waals surface area contributed by atoms with E-state index in [0.29, 0.717) is 17.4 Å². The lowest BCUT2D eigenvalue weighted by molar-refractivity contribution is 0.612. The number of hydrogen-bond acceptors (Lipinski definition) is 4. The third kappa shape index (κ3) is 1.80. The van der Waals surface area contributed by atoms with Crippen molar-refractivity contribution in [3.05, 3.63) is 42.6 Å². The molecule has 1 N–H and O–H groups in total. The van der Waals surface area contributed by atoms with Gasteiger partial charge in [-0.2, -0.15) is 5.10 Å². The first-order valence-corrected chi connectivity index (χ1v) is 6.53. The van der Waals surface area contributed by atoms with Crippen LogP contribution in [0.4, 0.5) is 10.2 Å². The molecule has 2 aromatic heterocycles. The second-order valence-electron chi connectivity index (χ2n) is 4.89. The quantitative estimate of drug-likeness (QED) is 0.793. The molecule has 1 aromatic carbocycles. The van der Waals surface area contributed by atoms with Crippen LogP contribution in [-0.4, -0.2) is 25.8 Å². The molecule has 0 unspecified atom stereocenters. The van der Waals surface area contributed by atoms with Gasteiger partial charge in [0.15, 0.2) is 5.65 Å². The fourth-order valence-electron chi connectivity index (χ4n) is 2.18. The van der Waals surface area contributed by atoms with Crippen molar-refractivity contribution in [2.75, 3.05) is 5.32 Å². The summed E-state index contributed by atoms with van der Waals surface area (Å²) in [5.41, 5.74) is 0.992. The highest BCUT2D eigenvalue weighted by Gasteiger charge is 2.23. The Morgan fingerprint density at radius 1 is 1.20 bits per heavy atom. The van der Waals surface area contributed by atoms with E-state index in [1.54, 1.807) is 24.4 Å². The van der Waals surface area contributed by atoms with E-state index >= 15 is 0 Å². The predicted molar refractivity (Wildman–Crippen MR) is 73.3 cm³/mol. The van der Waals surface area contributed by atoms with Gasteiger partial charge in [-0.05, 0) is 25.0 Å². The van der Waals surface area contributed by atoms with Gasteiger partial charge in [0.2, 0.25) is 0 Å². The van der Waals surface area contributed by atoms with E-state index in [1.807, 2.05) is 0 Å². The summed E-state index contributed by atoms with van der Waals surface area (Å²) >= 11 is 0. The molecule has 0 bridgehead atoms. The van der Waals surface area contributed by atoms with Crippen LogP contribution >= 0.6 is 0 Å². The molecule has 2 heterocycles. The molecule has 1 saturated carbocycles. The van der Waals surface area contributed by atoms with Gasteiger partial charge in [0.05, 0.1) is 11.6 Å². The molecule has 0 amide bonds. The maximum absolute atomic E-state index is 13.9. The van der Waals surface area contributed by atoms with E-state index in [9.17, 15) is 4.39 Å². The van der Waals surface area contributed by atoms with Crippen LogP contribution in [0.2, 0.25) is 0 Å². The number of halogens is 1. The number of anilines is 1. The van der Waals surface area contributed by atoms with E-state index in [2.05, 4.69) is 20.4 Å². The van der Waals surface area contributed by atoms with Crippen LogP contribution in [0.15, 0.2) is 36.8 Å². The highest BCUT2D eigenvalue weighted by Crippen LogP contribution is 2.28. The molecule has 1 aliphatic carbocycles. The summed E-state index contributed by atoms with van der Waals surface area (Å²) in [4.78, 5) is 8.48. The summed E-state index contributed by atoms with van der Waals surface area (Å²) in [7, 11) is 0. The minimum atomic E-state index is -0.326. The van der Waals surface area contributed by atoms with Crippen LogP contribution in [0.1, 0.15) is 12.8 Å². The number of rotatable bonds is 3. The normalized spacial score (nSPS) is 14.7. The van der Waals surface area contributed by atoms with Gasteiger partial charge in [-0.15, -0.1) is 0 Å². The highest BCUT2D eigenvalue weighted by atomic mass is 19.1. The number of nitrogens with one attached hydrogen (secondary N) is 1. The fraction of sp³-hybridized carbons (Fsp3) is 0.214. The lowest BCUT2D eigenvalue weighted by Gasteiger charge is -2.06. The Labute approximate surface area is 114 Å². The van der Waals surface area contributed by atoms with E-state index < -0.39 is 0 Å². The molecule has 3 aromatic rings. The van der Waals surface area contributed by atoms with Crippen LogP contribution < -0.4 is 5.32 Å². The molecule has 5 nitrogen and oxygen atoms in total. The fourth-order valence-corrected chi connectivity index (χ4v) is 2.18. The molecule has 1 aliphatic rings. The second-order valence-corrected chi connectivity index (χ2v) is 4.89. The summed E-state index contributed by atoms with van der Waals surface area (Å²) in [6.45, 7) is 0. The van der Waals surface area contributed by atoms with Crippen molar-refractivity contribution < 1.29 is 4.39 Å². The topological polar surface area (TPSA) is 55.6 Å². The summed E-state index contributed by atoms with van der Waals surface area (Å²) in [5.74, 6) is 0.438. The van der Waals surface area contributed by atoms with E-state index in [0.717, 1.165) is 24.0 Å². The van der Waals surface area contributed by atoms with Crippen LogP contribution in [0, 0.1) is 5.82 Å². The molecule has 6 heteroatoms. The van der Waals surface area contributed by atoms with Crippen LogP contribution in [0.3, 0.4) is 0 Å². The average Bonchev–Trinajstić information content (AvgIpc) is 3.17. The Balaban J connectivity index is 1.87. The standard InChI is InChI=1S/C14H12FN5/c15-11-3-1-2-4-12(11)20-14-10(7-18-20)13(16-8-17-14)19-9-5-6-9/h1-4,7-9H,5-6H2,(H,16,17,19). The summed E-state index contributed by atoms with van der Waals surface area (Å²) < 4.78 is 15.4. The van der Waals surface area contributed by atoms with Gasteiger partial charge in [0.1, 0.15) is 23.6 Å². The third-order valence-corrected chi connectivity index (χ3v) is 3.36. The molecular formula is C14H12FN5. The lowest BCUT2D eigenvalue weighted by atomic mass is 10.3. The first kappa shape index (κ1) is 11.3. The lowest BCUT2D eigenvalue weighted by Crippen LogP contribution is -2.05. The Kier molecular flexibility index (Phi) is 2.42. The maximum Gasteiger partial charge on any atom is 0.168 e. The molecule has 0 saturated heterocycles. The first-order valence-electron chi connectivity index (χ1n) is 6.53. The van der Waals surface area contributed by atoms with Crippen molar-refractivity contribution in [3.63, 3.8) is 0 Å². The Morgan fingerprint density at radius 2 is 2.05 bits per heavy atom. The zero-order chi connectivity index (χ0) is 13.5. The number of para-hydroxylation sites is 1. The molecule has 0 spiro atoms. The molecule has 0 radical (unpaired) electrons. The summed E-state index contributed by atoms with van der Waals surface area (Å²) in [6, 6.07) is 7.01. The zero-order valence-corrected chi connectivity index (χ0v) is 10.6. The monoisotopic (exact) mass is 269 g/mol. The highest BCUT2D eigenvalue weighted by molar-refractivity contribution is 5.87. The summed E-state index contributed by atoms with van der Waals surface area (Å²) in [6.07, 6.45) is 5.47. The molecule has 1 fully saturated rings. The predicted octanol–water partition coefficient (Wildman–Crippen LogP) is 2.53. The molecule has 100 valence electrons. The van der Waals surface area contributed by atoms with Crippen LogP contribution in [0.25, 0.3) is 16.7 Å². The zero-order valence-electron chi connectivity index (χ0n) is 10.6. The van der Waals surface area contributed by atoms with Crippen molar-refractivity contribution in [2.24, 2.45) is 0 Å². The van der Waals surface area contributed by atoms with E-state index in [-0.39, 0.29) is 5.82 Å². The van der Waals surface area contributed by atoms with Gasteiger partial charge in [-0.1, -0.05) is 12.1 Å². The largest absolute Gasteiger partial charge is 0.367 e. The molecule has 0 atom stereocenters. The number of benzene rings is 1. The Bertz CT molecular complexity index is 778. The molecule has 20 heavy (non-hydrogen) atoms. The van der Waals surface area contributed by atoms with Gasteiger partial charge < -0.3 is 5.32 Å². The Morgan fingerprint density at radius 3 is 2.85 bits per heavy atom. The minimum absolute atomic E-state index is 0.326. The first-order chi connectivity index (χ1) is 9.83. The van der Waals surface area contributed by atoms with Gasteiger partial charge in [-0.25, -0.2) is 19.0 Å².